The third-order valence-electron chi connectivity index (χ3n) is 5.02. The Morgan fingerprint density at radius 1 is 1.00 bits per heavy atom. The summed E-state index contributed by atoms with van der Waals surface area (Å²) in [5, 5.41) is 7.94. The number of nitrogens with zero attached hydrogens (tertiary/aromatic N) is 4. The van der Waals surface area contributed by atoms with E-state index in [1.807, 2.05) is 0 Å². The zero-order valence-corrected chi connectivity index (χ0v) is 18.8. The highest BCUT2D eigenvalue weighted by atomic mass is 19.4. The fourth-order valence-electron chi connectivity index (χ4n) is 3.03. The third kappa shape index (κ3) is 5.39. The second-order valence-corrected chi connectivity index (χ2v) is 7.31. The highest BCUT2D eigenvalue weighted by molar-refractivity contribution is 6.06. The summed E-state index contributed by atoms with van der Waals surface area (Å²) in [7, 11) is 3.09. The molecule has 0 bridgehead atoms. The van der Waals surface area contributed by atoms with Gasteiger partial charge in [-0.25, -0.2) is 14.8 Å². The molecule has 0 saturated heterocycles. The summed E-state index contributed by atoms with van der Waals surface area (Å²) in [6.07, 6.45) is -3.28. The fraction of sp³-hybridized carbons (Fsp3) is 0.227. The van der Waals surface area contributed by atoms with Crippen LogP contribution < -0.4 is 20.9 Å². The van der Waals surface area contributed by atoms with Gasteiger partial charge in [-0.15, -0.1) is 0 Å². The minimum Gasteiger partial charge on any atom is -0.357 e. The molecule has 34 heavy (non-hydrogen) atoms. The van der Waals surface area contributed by atoms with Crippen LogP contribution in [0.25, 0.3) is 0 Å². The normalized spacial score (nSPS) is 11.0. The van der Waals surface area contributed by atoms with E-state index < -0.39 is 23.7 Å². The predicted molar refractivity (Wildman–Crippen MR) is 122 cm³/mol. The van der Waals surface area contributed by atoms with Crippen molar-refractivity contribution in [3.8, 4) is 0 Å². The molecule has 0 fully saturated rings. The molecule has 0 atom stereocenters. The van der Waals surface area contributed by atoms with Gasteiger partial charge in [0.2, 0.25) is 11.9 Å². The molecule has 3 aromatic rings. The smallest absolute Gasteiger partial charge is 0.357 e. The Labute approximate surface area is 193 Å². The highest BCUT2D eigenvalue weighted by Gasteiger charge is 2.33. The van der Waals surface area contributed by atoms with Crippen molar-refractivity contribution in [2.45, 2.75) is 20.0 Å². The summed E-state index contributed by atoms with van der Waals surface area (Å²) in [5.74, 6) is -0.241. The molecule has 3 rings (SSSR count). The van der Waals surface area contributed by atoms with Crippen molar-refractivity contribution in [3.05, 3.63) is 65.0 Å². The molecule has 0 spiro atoms. The van der Waals surface area contributed by atoms with Crippen LogP contribution in [0.3, 0.4) is 0 Å². The third-order valence-corrected chi connectivity index (χ3v) is 5.02. The molecule has 3 amide bonds. The van der Waals surface area contributed by atoms with Crippen molar-refractivity contribution in [2.75, 3.05) is 34.9 Å². The van der Waals surface area contributed by atoms with Crippen LogP contribution in [0, 0.1) is 13.8 Å². The summed E-state index contributed by atoms with van der Waals surface area (Å²) < 4.78 is 39.5. The molecule has 0 saturated carbocycles. The number of carbonyl (C=O) groups is 2. The SMILES string of the molecule is CNc1ncnc(N(C)C(=O)Nc2cc(C(=O)Nc3cccc(C(F)(F)F)c3C)ccc2C)n1. The molecule has 12 heteroatoms. The molecule has 0 aliphatic rings. The van der Waals surface area contributed by atoms with Crippen LogP contribution in [-0.2, 0) is 6.18 Å². The van der Waals surface area contributed by atoms with Crippen LogP contribution in [0.2, 0.25) is 0 Å². The first-order valence-electron chi connectivity index (χ1n) is 10.0. The van der Waals surface area contributed by atoms with Crippen molar-refractivity contribution >= 4 is 35.2 Å². The lowest BCUT2D eigenvalue weighted by Crippen LogP contribution is -2.33. The van der Waals surface area contributed by atoms with E-state index in [-0.39, 0.29) is 28.7 Å². The largest absolute Gasteiger partial charge is 0.416 e. The minimum absolute atomic E-state index is 0.0425. The lowest BCUT2D eigenvalue weighted by atomic mass is 10.1. The van der Waals surface area contributed by atoms with Gasteiger partial charge < -0.3 is 16.0 Å². The Hall–Kier alpha value is -4.22. The topological polar surface area (TPSA) is 112 Å². The maximum Gasteiger partial charge on any atom is 0.416 e. The molecule has 2 aromatic carbocycles. The number of amides is 3. The zero-order chi connectivity index (χ0) is 25.0. The molecule has 0 aliphatic carbocycles. The average Bonchev–Trinajstić information content (AvgIpc) is 2.80. The second kappa shape index (κ2) is 9.73. The number of benzene rings is 2. The van der Waals surface area contributed by atoms with Gasteiger partial charge >= 0.3 is 12.2 Å². The Morgan fingerprint density at radius 2 is 1.74 bits per heavy atom. The Kier molecular flexibility index (Phi) is 6.99. The number of aromatic nitrogens is 3. The van der Waals surface area contributed by atoms with Gasteiger partial charge in [0.25, 0.3) is 5.91 Å². The van der Waals surface area contributed by atoms with Crippen LogP contribution in [0.5, 0.6) is 0 Å². The first-order valence-corrected chi connectivity index (χ1v) is 10.0. The Balaban J connectivity index is 1.80. The predicted octanol–water partition coefficient (Wildman–Crippen LogP) is 4.47. The van der Waals surface area contributed by atoms with E-state index in [1.54, 1.807) is 20.0 Å². The van der Waals surface area contributed by atoms with E-state index in [4.69, 9.17) is 0 Å². The maximum atomic E-state index is 13.2. The van der Waals surface area contributed by atoms with E-state index in [0.29, 0.717) is 11.3 Å². The van der Waals surface area contributed by atoms with Gasteiger partial charge in [0.15, 0.2) is 0 Å². The number of alkyl halides is 3. The van der Waals surface area contributed by atoms with Gasteiger partial charge in [0.1, 0.15) is 6.33 Å². The molecule has 3 N–H and O–H groups in total. The standard InChI is InChI=1S/C22H22F3N7O2/c1-12-8-9-14(18(33)29-16-7-5-6-15(13(16)2)22(23,24)25)10-17(12)30-21(34)32(4)20-28-11-27-19(26-3)31-20/h5-11H,1-4H3,(H,29,33)(H,30,34)(H,26,27,28,31). The van der Waals surface area contributed by atoms with E-state index in [0.717, 1.165) is 6.07 Å². The van der Waals surface area contributed by atoms with E-state index in [9.17, 15) is 22.8 Å². The summed E-state index contributed by atoms with van der Waals surface area (Å²) in [6, 6.07) is 7.57. The number of hydrogen-bond donors (Lipinski definition) is 3. The van der Waals surface area contributed by atoms with Gasteiger partial charge in [0.05, 0.1) is 5.56 Å². The summed E-state index contributed by atoms with van der Waals surface area (Å²) in [4.78, 5) is 38.6. The van der Waals surface area contributed by atoms with Crippen molar-refractivity contribution in [1.82, 2.24) is 15.0 Å². The van der Waals surface area contributed by atoms with E-state index >= 15 is 0 Å². The second-order valence-electron chi connectivity index (χ2n) is 7.31. The first kappa shape index (κ1) is 24.4. The van der Waals surface area contributed by atoms with Gasteiger partial charge in [-0.05, 0) is 49.2 Å². The maximum absolute atomic E-state index is 13.2. The highest BCUT2D eigenvalue weighted by Crippen LogP contribution is 2.34. The van der Waals surface area contributed by atoms with Gasteiger partial charge in [-0.3, -0.25) is 9.69 Å². The molecule has 1 aromatic heterocycles. The van der Waals surface area contributed by atoms with Gasteiger partial charge in [0, 0.05) is 31.0 Å². The lowest BCUT2D eigenvalue weighted by Gasteiger charge is -2.18. The lowest BCUT2D eigenvalue weighted by molar-refractivity contribution is -0.138. The zero-order valence-electron chi connectivity index (χ0n) is 18.8. The molecule has 9 nitrogen and oxygen atoms in total. The number of carbonyl (C=O) groups excluding carboxylic acids is 2. The van der Waals surface area contributed by atoms with Crippen molar-refractivity contribution in [3.63, 3.8) is 0 Å². The summed E-state index contributed by atoms with van der Waals surface area (Å²) in [5.41, 5.74) is 0.279. The minimum atomic E-state index is -4.54. The monoisotopic (exact) mass is 473 g/mol. The van der Waals surface area contributed by atoms with Crippen molar-refractivity contribution < 1.29 is 22.8 Å². The first-order chi connectivity index (χ1) is 16.0. The van der Waals surface area contributed by atoms with Gasteiger partial charge in [-0.1, -0.05) is 12.1 Å². The fourth-order valence-corrected chi connectivity index (χ4v) is 3.03. The molecule has 178 valence electrons. The van der Waals surface area contributed by atoms with E-state index in [2.05, 4.69) is 30.9 Å². The Bertz CT molecular complexity index is 1230. The number of urea groups is 1. The average molecular weight is 473 g/mol. The van der Waals surface area contributed by atoms with Crippen LogP contribution >= 0.6 is 0 Å². The molecular formula is C22H22F3N7O2. The number of rotatable bonds is 5. The quantitative estimate of drug-likeness (QED) is 0.504. The molecule has 0 unspecified atom stereocenters. The number of nitrogens with one attached hydrogen (secondary N) is 3. The molecular weight excluding hydrogens is 451 g/mol. The van der Waals surface area contributed by atoms with E-state index in [1.165, 1.54) is 49.5 Å². The number of anilines is 4. The summed E-state index contributed by atoms with van der Waals surface area (Å²) >= 11 is 0. The molecule has 0 radical (unpaired) electrons. The van der Waals surface area contributed by atoms with Crippen molar-refractivity contribution in [2.24, 2.45) is 0 Å². The number of hydrogen-bond acceptors (Lipinski definition) is 6. The van der Waals surface area contributed by atoms with Crippen molar-refractivity contribution in [1.29, 1.82) is 0 Å². The van der Waals surface area contributed by atoms with Crippen LogP contribution in [0.1, 0.15) is 27.0 Å². The van der Waals surface area contributed by atoms with Crippen LogP contribution in [-0.4, -0.2) is 41.0 Å². The van der Waals surface area contributed by atoms with Crippen LogP contribution in [0.15, 0.2) is 42.7 Å². The molecule has 0 aliphatic heterocycles. The number of aryl methyl sites for hydroxylation is 1. The number of halogens is 3. The summed E-state index contributed by atoms with van der Waals surface area (Å²) in [6.45, 7) is 3.02. The van der Waals surface area contributed by atoms with Gasteiger partial charge in [-0.2, -0.15) is 18.2 Å². The Morgan fingerprint density at radius 3 is 2.41 bits per heavy atom. The van der Waals surface area contributed by atoms with Crippen LogP contribution in [0.4, 0.5) is 41.2 Å². The molecule has 1 heterocycles.